The van der Waals surface area contributed by atoms with Crippen LogP contribution in [0.15, 0.2) is 54.7 Å². The van der Waals surface area contributed by atoms with E-state index in [1.165, 1.54) is 6.42 Å². The highest BCUT2D eigenvalue weighted by Crippen LogP contribution is 2.17. The molecule has 1 aromatic carbocycles. The topological polar surface area (TPSA) is 58.9 Å². The van der Waals surface area contributed by atoms with Gasteiger partial charge < -0.3 is 10.2 Å². The Morgan fingerprint density at radius 2 is 1.96 bits per heavy atom. The Morgan fingerprint density at radius 3 is 2.77 bits per heavy atom. The van der Waals surface area contributed by atoms with Crippen LogP contribution in [-0.2, 0) is 6.54 Å². The Morgan fingerprint density at radius 1 is 1.08 bits per heavy atom. The predicted molar refractivity (Wildman–Crippen MR) is 102 cm³/mol. The minimum Gasteiger partial charge on any atom is -0.354 e. The van der Waals surface area contributed by atoms with Gasteiger partial charge in [-0.15, -0.1) is 5.10 Å². The first-order valence-electron chi connectivity index (χ1n) is 9.16. The molecule has 0 amide bonds. The zero-order valence-electron chi connectivity index (χ0n) is 15.0. The molecule has 6 heteroatoms. The number of anilines is 1. The summed E-state index contributed by atoms with van der Waals surface area (Å²) in [5.41, 5.74) is 3.09. The van der Waals surface area contributed by atoms with Crippen LogP contribution in [0.25, 0.3) is 5.69 Å². The van der Waals surface area contributed by atoms with Crippen molar-refractivity contribution in [2.45, 2.75) is 32.4 Å². The third kappa shape index (κ3) is 3.91. The van der Waals surface area contributed by atoms with Crippen LogP contribution in [0.4, 0.5) is 5.82 Å². The van der Waals surface area contributed by atoms with Crippen LogP contribution in [0.1, 0.15) is 24.2 Å². The lowest BCUT2D eigenvalue weighted by Gasteiger charge is -2.33. The molecule has 4 rings (SSSR count). The summed E-state index contributed by atoms with van der Waals surface area (Å²) in [6, 6.07) is 16.8. The molecule has 0 unspecified atom stereocenters. The molecular formula is C20H24N6. The predicted octanol–water partition coefficient (Wildman–Crippen LogP) is 2.73. The highest BCUT2D eigenvalue weighted by atomic mass is 15.3. The molecule has 26 heavy (non-hydrogen) atoms. The fourth-order valence-corrected chi connectivity index (χ4v) is 3.34. The number of hydrogen-bond acceptors (Lipinski definition) is 5. The smallest absolute Gasteiger partial charge is 0.151 e. The fraction of sp³-hybridized carbons (Fsp3) is 0.350. The van der Waals surface area contributed by atoms with Gasteiger partial charge in [0.25, 0.3) is 0 Å². The van der Waals surface area contributed by atoms with E-state index in [-0.39, 0.29) is 0 Å². The summed E-state index contributed by atoms with van der Waals surface area (Å²) in [5.74, 6) is 0.968. The van der Waals surface area contributed by atoms with Crippen LogP contribution >= 0.6 is 0 Å². The molecule has 3 aromatic rings. The Kier molecular flexibility index (Phi) is 4.93. The molecule has 1 N–H and O–H groups in total. The van der Waals surface area contributed by atoms with E-state index in [4.69, 9.17) is 0 Å². The number of benzene rings is 1. The van der Waals surface area contributed by atoms with Crippen molar-refractivity contribution < 1.29 is 0 Å². The summed E-state index contributed by atoms with van der Waals surface area (Å²) in [5, 5.41) is 16.8. The molecule has 0 radical (unpaired) electrons. The lowest BCUT2D eigenvalue weighted by molar-refractivity contribution is 0.417. The first-order chi connectivity index (χ1) is 12.8. The molecule has 0 bridgehead atoms. The molecule has 0 aliphatic carbocycles. The van der Waals surface area contributed by atoms with E-state index in [1.54, 1.807) is 0 Å². The monoisotopic (exact) mass is 348 g/mol. The van der Waals surface area contributed by atoms with Gasteiger partial charge in [-0.25, -0.2) is 4.68 Å². The molecule has 2 aromatic heterocycles. The minimum absolute atomic E-state index is 0.439. The van der Waals surface area contributed by atoms with E-state index in [9.17, 15) is 0 Å². The normalized spacial score (nSPS) is 17.4. The quantitative estimate of drug-likeness (QED) is 0.768. The lowest BCUT2D eigenvalue weighted by Crippen LogP contribution is -2.45. The van der Waals surface area contributed by atoms with Gasteiger partial charge in [0.2, 0.25) is 0 Å². The number of aryl methyl sites for hydroxylation is 1. The summed E-state index contributed by atoms with van der Waals surface area (Å²) in [6.07, 6.45) is 4.35. The van der Waals surface area contributed by atoms with Gasteiger partial charge in [-0.1, -0.05) is 18.2 Å². The minimum atomic E-state index is 0.439. The van der Waals surface area contributed by atoms with Crippen LogP contribution in [0.3, 0.4) is 0 Å². The van der Waals surface area contributed by atoms with E-state index in [0.29, 0.717) is 6.04 Å². The molecule has 3 heterocycles. The van der Waals surface area contributed by atoms with Crippen LogP contribution in [-0.4, -0.2) is 39.1 Å². The number of nitrogens with zero attached hydrogens (tertiary/aromatic N) is 5. The Labute approximate surface area is 153 Å². The first kappa shape index (κ1) is 16.7. The zero-order valence-corrected chi connectivity index (χ0v) is 15.0. The summed E-state index contributed by atoms with van der Waals surface area (Å²) in [6.45, 7) is 4.74. The SMILES string of the molecule is Cc1ccc(N2CCC[C@H](NCc3ccn(-c4ccccc4)n3)C2)nn1. The maximum absolute atomic E-state index is 4.67. The molecule has 0 spiro atoms. The average molecular weight is 348 g/mol. The lowest BCUT2D eigenvalue weighted by atomic mass is 10.1. The average Bonchev–Trinajstić information content (AvgIpc) is 3.17. The summed E-state index contributed by atoms with van der Waals surface area (Å²) < 4.78 is 1.92. The van der Waals surface area contributed by atoms with Crippen molar-refractivity contribution in [3.8, 4) is 5.69 Å². The molecule has 1 aliphatic rings. The van der Waals surface area contributed by atoms with Crippen LogP contribution in [0.2, 0.25) is 0 Å². The molecule has 1 aliphatic heterocycles. The van der Waals surface area contributed by atoms with Gasteiger partial charge in [0.15, 0.2) is 5.82 Å². The number of para-hydroxylation sites is 1. The Bertz CT molecular complexity index is 827. The summed E-state index contributed by atoms with van der Waals surface area (Å²) >= 11 is 0. The maximum atomic E-state index is 4.67. The highest BCUT2D eigenvalue weighted by molar-refractivity contribution is 5.38. The molecule has 1 saturated heterocycles. The molecule has 1 atom stereocenters. The Balaban J connectivity index is 1.34. The number of piperidine rings is 1. The largest absolute Gasteiger partial charge is 0.354 e. The van der Waals surface area contributed by atoms with E-state index in [2.05, 4.69) is 49.8 Å². The molecular weight excluding hydrogens is 324 g/mol. The van der Waals surface area contributed by atoms with Crippen LogP contribution in [0.5, 0.6) is 0 Å². The second kappa shape index (κ2) is 7.66. The van der Waals surface area contributed by atoms with Crippen molar-refractivity contribution in [3.63, 3.8) is 0 Å². The van der Waals surface area contributed by atoms with Gasteiger partial charge in [-0.05, 0) is 50.1 Å². The van der Waals surface area contributed by atoms with Gasteiger partial charge in [-0.2, -0.15) is 10.2 Å². The van der Waals surface area contributed by atoms with Crippen molar-refractivity contribution in [1.29, 1.82) is 0 Å². The molecule has 6 nitrogen and oxygen atoms in total. The number of hydrogen-bond donors (Lipinski definition) is 1. The van der Waals surface area contributed by atoms with Crippen LogP contribution in [0, 0.1) is 6.92 Å². The number of aromatic nitrogens is 4. The highest BCUT2D eigenvalue weighted by Gasteiger charge is 2.21. The first-order valence-corrected chi connectivity index (χ1v) is 9.16. The standard InChI is InChI=1S/C20H24N6/c1-16-9-10-20(23-22-16)25-12-5-6-18(15-25)21-14-17-11-13-26(24-17)19-7-3-2-4-8-19/h2-4,7-11,13,18,21H,5-6,12,14-15H2,1H3/t18-/m0/s1. The number of rotatable bonds is 5. The van der Waals surface area contributed by atoms with Gasteiger partial charge in [0, 0.05) is 31.9 Å². The van der Waals surface area contributed by atoms with E-state index >= 15 is 0 Å². The van der Waals surface area contributed by atoms with Crippen molar-refractivity contribution in [2.24, 2.45) is 0 Å². The van der Waals surface area contributed by atoms with Crippen molar-refractivity contribution >= 4 is 5.82 Å². The molecule has 1 fully saturated rings. The summed E-state index contributed by atoms with van der Waals surface area (Å²) in [7, 11) is 0. The van der Waals surface area contributed by atoms with Gasteiger partial charge in [0.05, 0.1) is 17.1 Å². The van der Waals surface area contributed by atoms with E-state index < -0.39 is 0 Å². The second-order valence-corrected chi connectivity index (χ2v) is 6.79. The fourth-order valence-electron chi connectivity index (χ4n) is 3.34. The zero-order chi connectivity index (χ0) is 17.8. The molecule has 134 valence electrons. The van der Waals surface area contributed by atoms with Crippen molar-refractivity contribution in [1.82, 2.24) is 25.3 Å². The van der Waals surface area contributed by atoms with E-state index in [0.717, 1.165) is 48.9 Å². The van der Waals surface area contributed by atoms with Gasteiger partial charge >= 0.3 is 0 Å². The van der Waals surface area contributed by atoms with Gasteiger partial charge in [-0.3, -0.25) is 0 Å². The molecule has 0 saturated carbocycles. The van der Waals surface area contributed by atoms with Crippen molar-refractivity contribution in [3.05, 3.63) is 66.1 Å². The second-order valence-electron chi connectivity index (χ2n) is 6.79. The third-order valence-corrected chi connectivity index (χ3v) is 4.77. The van der Waals surface area contributed by atoms with E-state index in [1.807, 2.05) is 42.1 Å². The van der Waals surface area contributed by atoms with Gasteiger partial charge in [0.1, 0.15) is 0 Å². The summed E-state index contributed by atoms with van der Waals surface area (Å²) in [4.78, 5) is 2.32. The maximum Gasteiger partial charge on any atom is 0.151 e. The van der Waals surface area contributed by atoms with Crippen molar-refractivity contribution in [2.75, 3.05) is 18.0 Å². The Hall–Kier alpha value is -2.73. The third-order valence-electron chi connectivity index (χ3n) is 4.77. The number of nitrogens with one attached hydrogen (secondary N) is 1. The van der Waals surface area contributed by atoms with Crippen LogP contribution < -0.4 is 10.2 Å².